The van der Waals surface area contributed by atoms with Crippen LogP contribution in [0.3, 0.4) is 0 Å². The van der Waals surface area contributed by atoms with Crippen LogP contribution < -0.4 is 9.64 Å². The van der Waals surface area contributed by atoms with Gasteiger partial charge in [-0.3, -0.25) is 4.79 Å². The number of alkyl halides is 1. The van der Waals surface area contributed by atoms with Crippen molar-refractivity contribution in [2.45, 2.75) is 19.1 Å². The molecule has 0 saturated heterocycles. The lowest BCUT2D eigenvalue weighted by molar-refractivity contribution is -0.130. The van der Waals surface area contributed by atoms with Crippen LogP contribution in [0, 0.1) is 0 Å². The molecule has 0 fully saturated rings. The quantitative estimate of drug-likeness (QED) is 0.839. The number of rotatable bonds is 3. The third kappa shape index (κ3) is 2.37. The van der Waals surface area contributed by atoms with Gasteiger partial charge in [-0.25, -0.2) is 4.39 Å². The number of carbonyl (C=O) groups is 1. The van der Waals surface area contributed by atoms with Gasteiger partial charge in [-0.15, -0.1) is 0 Å². The van der Waals surface area contributed by atoms with Gasteiger partial charge in [0.2, 0.25) is 0 Å². The Morgan fingerprint density at radius 1 is 1.47 bits per heavy atom. The molecule has 1 heterocycles. The summed E-state index contributed by atoms with van der Waals surface area (Å²) in [6.45, 7) is 1.79. The van der Waals surface area contributed by atoms with Gasteiger partial charge in [0.1, 0.15) is 11.9 Å². The Labute approximate surface area is 112 Å². The molecule has 2 unspecified atom stereocenters. The number of benzene rings is 1. The minimum Gasteiger partial charge on any atom is -0.482 e. The highest BCUT2D eigenvalue weighted by atomic mass is 19.1. The molecule has 2 atom stereocenters. The summed E-state index contributed by atoms with van der Waals surface area (Å²) in [5.41, 5.74) is 1.37. The molecule has 0 N–H and O–H groups in total. The molecule has 1 aromatic rings. The monoisotopic (exact) mass is 266 g/mol. The zero-order valence-electron chi connectivity index (χ0n) is 11.7. The number of anilines is 1. The van der Waals surface area contributed by atoms with Crippen LogP contribution in [-0.2, 0) is 4.79 Å². The molecule has 5 heteroatoms. The highest BCUT2D eigenvalue weighted by molar-refractivity contribution is 5.78. The van der Waals surface area contributed by atoms with E-state index < -0.39 is 6.17 Å². The molecule has 0 bridgehead atoms. The van der Waals surface area contributed by atoms with E-state index in [4.69, 9.17) is 4.74 Å². The van der Waals surface area contributed by atoms with Crippen molar-refractivity contribution in [1.82, 2.24) is 4.90 Å². The summed E-state index contributed by atoms with van der Waals surface area (Å²) in [7, 11) is 5.18. The summed E-state index contributed by atoms with van der Waals surface area (Å²) < 4.78 is 19.6. The van der Waals surface area contributed by atoms with Crippen LogP contribution in [0.1, 0.15) is 18.7 Å². The molecular weight excluding hydrogens is 247 g/mol. The highest BCUT2D eigenvalue weighted by Crippen LogP contribution is 2.45. The summed E-state index contributed by atoms with van der Waals surface area (Å²) in [4.78, 5) is 14.9. The van der Waals surface area contributed by atoms with E-state index in [2.05, 4.69) is 0 Å². The predicted octanol–water partition coefficient (Wildman–Crippen LogP) is 2.00. The normalized spacial score (nSPS) is 21.2. The first-order chi connectivity index (χ1) is 8.93. The lowest BCUT2D eigenvalue weighted by Crippen LogP contribution is -2.28. The van der Waals surface area contributed by atoms with Crippen LogP contribution in [0.4, 0.5) is 10.1 Å². The van der Waals surface area contributed by atoms with Gasteiger partial charge in [0, 0.05) is 26.7 Å². The highest BCUT2D eigenvalue weighted by Gasteiger charge is 2.35. The van der Waals surface area contributed by atoms with Gasteiger partial charge in [0.15, 0.2) is 6.61 Å². The number of nitrogens with zero attached hydrogens (tertiary/aromatic N) is 2. The molecule has 19 heavy (non-hydrogen) atoms. The van der Waals surface area contributed by atoms with Crippen molar-refractivity contribution in [3.63, 3.8) is 0 Å². The Morgan fingerprint density at radius 2 is 2.16 bits per heavy atom. The molecular formula is C14H19FN2O2. The number of likely N-dealkylation sites (N-methyl/N-ethyl adjacent to an activating group) is 2. The van der Waals surface area contributed by atoms with E-state index in [9.17, 15) is 9.18 Å². The van der Waals surface area contributed by atoms with E-state index in [0.717, 1.165) is 5.69 Å². The second kappa shape index (κ2) is 5.07. The van der Waals surface area contributed by atoms with Crippen molar-refractivity contribution in [2.24, 2.45) is 0 Å². The van der Waals surface area contributed by atoms with Crippen LogP contribution in [0.2, 0.25) is 0 Å². The van der Waals surface area contributed by atoms with Gasteiger partial charge in [-0.1, -0.05) is 12.1 Å². The van der Waals surface area contributed by atoms with Crippen molar-refractivity contribution in [3.05, 3.63) is 23.8 Å². The molecule has 1 aliphatic heterocycles. The number of carbonyl (C=O) groups excluding carboxylic acids is 1. The standard InChI is InChI=1S/C14H19FN2O2/c1-9-13(15)10-6-5-7-11(14(10)17(9)4)19-8-12(18)16(2)3/h5-7,9,13H,8H2,1-4H3. The van der Waals surface area contributed by atoms with Gasteiger partial charge in [-0.2, -0.15) is 0 Å². The van der Waals surface area contributed by atoms with Crippen molar-refractivity contribution < 1.29 is 13.9 Å². The van der Waals surface area contributed by atoms with Crippen LogP contribution in [-0.4, -0.2) is 44.6 Å². The fourth-order valence-electron chi connectivity index (χ4n) is 2.18. The average Bonchev–Trinajstić information content (AvgIpc) is 2.61. The molecule has 1 aromatic carbocycles. The van der Waals surface area contributed by atoms with E-state index in [-0.39, 0.29) is 18.6 Å². The second-order valence-electron chi connectivity index (χ2n) is 5.02. The molecule has 2 rings (SSSR count). The van der Waals surface area contributed by atoms with Crippen LogP contribution >= 0.6 is 0 Å². The molecule has 4 nitrogen and oxygen atoms in total. The number of hydrogen-bond acceptors (Lipinski definition) is 3. The average molecular weight is 266 g/mol. The molecule has 0 spiro atoms. The Balaban J connectivity index is 2.23. The van der Waals surface area contributed by atoms with Crippen molar-refractivity contribution in [1.29, 1.82) is 0 Å². The first-order valence-corrected chi connectivity index (χ1v) is 6.26. The zero-order chi connectivity index (χ0) is 14.2. The Hall–Kier alpha value is -1.78. The van der Waals surface area contributed by atoms with E-state index in [1.54, 1.807) is 32.3 Å². The number of para-hydroxylation sites is 1. The minimum atomic E-state index is -1.02. The van der Waals surface area contributed by atoms with Crippen molar-refractivity contribution in [2.75, 3.05) is 32.6 Å². The molecule has 0 aromatic heterocycles. The fraction of sp³-hybridized carbons (Fsp3) is 0.500. The lowest BCUT2D eigenvalue weighted by Gasteiger charge is -2.21. The van der Waals surface area contributed by atoms with E-state index in [1.165, 1.54) is 4.90 Å². The molecule has 0 radical (unpaired) electrons. The maximum absolute atomic E-state index is 14.1. The molecule has 0 aliphatic carbocycles. The second-order valence-corrected chi connectivity index (χ2v) is 5.02. The van der Waals surface area contributed by atoms with Gasteiger partial charge < -0.3 is 14.5 Å². The Kier molecular flexibility index (Phi) is 3.64. The van der Waals surface area contributed by atoms with E-state index >= 15 is 0 Å². The number of fused-ring (bicyclic) bond motifs is 1. The maximum atomic E-state index is 14.1. The molecule has 1 amide bonds. The summed E-state index contributed by atoms with van der Waals surface area (Å²) in [6.07, 6.45) is -1.02. The molecule has 1 aliphatic rings. The molecule has 104 valence electrons. The topological polar surface area (TPSA) is 32.8 Å². The van der Waals surface area contributed by atoms with Gasteiger partial charge in [0.25, 0.3) is 5.91 Å². The lowest BCUT2D eigenvalue weighted by atomic mass is 10.1. The predicted molar refractivity (Wildman–Crippen MR) is 72.3 cm³/mol. The fourth-order valence-corrected chi connectivity index (χ4v) is 2.18. The number of ether oxygens (including phenoxy) is 1. The van der Waals surface area contributed by atoms with Gasteiger partial charge in [0.05, 0.1) is 11.7 Å². The minimum absolute atomic E-state index is 0.0391. The van der Waals surface area contributed by atoms with Crippen LogP contribution in [0.5, 0.6) is 5.75 Å². The van der Waals surface area contributed by atoms with Gasteiger partial charge >= 0.3 is 0 Å². The van der Waals surface area contributed by atoms with Gasteiger partial charge in [-0.05, 0) is 13.0 Å². The zero-order valence-corrected chi connectivity index (χ0v) is 11.7. The Morgan fingerprint density at radius 3 is 2.79 bits per heavy atom. The SMILES string of the molecule is CC1C(F)c2cccc(OCC(=O)N(C)C)c2N1C. The number of amides is 1. The van der Waals surface area contributed by atoms with Crippen LogP contribution in [0.25, 0.3) is 0 Å². The summed E-state index contributed by atoms with van der Waals surface area (Å²) in [5, 5.41) is 0. The summed E-state index contributed by atoms with van der Waals surface area (Å²) in [5.74, 6) is 0.435. The first-order valence-electron chi connectivity index (χ1n) is 6.26. The third-order valence-corrected chi connectivity index (χ3v) is 3.56. The molecule has 0 saturated carbocycles. The first kappa shape index (κ1) is 13.6. The van der Waals surface area contributed by atoms with E-state index in [0.29, 0.717) is 11.3 Å². The third-order valence-electron chi connectivity index (χ3n) is 3.56. The van der Waals surface area contributed by atoms with Crippen molar-refractivity contribution >= 4 is 11.6 Å². The summed E-state index contributed by atoms with van der Waals surface area (Å²) >= 11 is 0. The van der Waals surface area contributed by atoms with E-state index in [1.807, 2.05) is 18.9 Å². The maximum Gasteiger partial charge on any atom is 0.259 e. The summed E-state index contributed by atoms with van der Waals surface area (Å²) in [6, 6.07) is 5.07. The van der Waals surface area contributed by atoms with Crippen molar-refractivity contribution in [3.8, 4) is 5.75 Å². The number of hydrogen-bond donors (Lipinski definition) is 0. The smallest absolute Gasteiger partial charge is 0.259 e. The largest absolute Gasteiger partial charge is 0.482 e. The van der Waals surface area contributed by atoms with Crippen LogP contribution in [0.15, 0.2) is 18.2 Å². The Bertz CT molecular complexity index is 490. The number of halogens is 1.